The summed E-state index contributed by atoms with van der Waals surface area (Å²) in [5.74, 6) is 0.652. The molecule has 1 heterocycles. The molecule has 0 radical (unpaired) electrons. The number of aromatic amines is 1. The van der Waals surface area contributed by atoms with Crippen LogP contribution in [0.2, 0.25) is 0 Å². The fourth-order valence-electron chi connectivity index (χ4n) is 2.37. The van der Waals surface area contributed by atoms with Gasteiger partial charge in [-0.05, 0) is 18.4 Å². The van der Waals surface area contributed by atoms with E-state index >= 15 is 0 Å². The van der Waals surface area contributed by atoms with E-state index in [1.807, 2.05) is 36.4 Å². The van der Waals surface area contributed by atoms with Crippen LogP contribution in [0.3, 0.4) is 0 Å². The van der Waals surface area contributed by atoms with E-state index in [1.165, 1.54) is 0 Å². The third-order valence-electron chi connectivity index (χ3n) is 3.30. The first kappa shape index (κ1) is 10.8. The number of benzene rings is 2. The molecule has 3 heteroatoms. The van der Waals surface area contributed by atoms with Crippen LogP contribution in [0.25, 0.3) is 21.7 Å². The fourth-order valence-corrected chi connectivity index (χ4v) is 2.37. The lowest BCUT2D eigenvalue weighted by atomic mass is 10.0. The number of methoxy groups -OCH3 is 1. The summed E-state index contributed by atoms with van der Waals surface area (Å²) in [6, 6.07) is 12.0. The Balaban J connectivity index is 2.60. The zero-order valence-electron chi connectivity index (χ0n) is 10.3. The predicted molar refractivity (Wildman–Crippen MR) is 73.4 cm³/mol. The predicted octanol–water partition coefficient (Wildman–Crippen LogP) is 3.00. The van der Waals surface area contributed by atoms with Crippen LogP contribution in [0, 0.1) is 6.92 Å². The molecule has 1 aromatic heterocycles. The topological polar surface area (TPSA) is 42.1 Å². The third kappa shape index (κ3) is 1.40. The Morgan fingerprint density at radius 1 is 1.06 bits per heavy atom. The quantitative estimate of drug-likeness (QED) is 0.663. The number of rotatable bonds is 1. The van der Waals surface area contributed by atoms with Crippen molar-refractivity contribution in [3.05, 3.63) is 52.3 Å². The maximum Gasteiger partial charge on any atom is 0.255 e. The summed E-state index contributed by atoms with van der Waals surface area (Å²) in [4.78, 5) is 14.9. The molecule has 0 atom stereocenters. The van der Waals surface area contributed by atoms with E-state index < -0.39 is 0 Å². The van der Waals surface area contributed by atoms with Crippen LogP contribution >= 0.6 is 0 Å². The number of nitrogens with one attached hydrogen (secondary N) is 1. The van der Waals surface area contributed by atoms with E-state index in [9.17, 15) is 4.79 Å². The highest BCUT2D eigenvalue weighted by Crippen LogP contribution is 2.30. The van der Waals surface area contributed by atoms with Gasteiger partial charge in [-0.15, -0.1) is 0 Å². The summed E-state index contributed by atoms with van der Waals surface area (Å²) < 4.78 is 5.37. The van der Waals surface area contributed by atoms with Gasteiger partial charge in [-0.3, -0.25) is 4.79 Å². The van der Waals surface area contributed by atoms with E-state index in [0.717, 1.165) is 21.7 Å². The first-order valence-electron chi connectivity index (χ1n) is 5.80. The summed E-state index contributed by atoms with van der Waals surface area (Å²) >= 11 is 0. The van der Waals surface area contributed by atoms with Crippen molar-refractivity contribution in [2.75, 3.05) is 7.11 Å². The first-order valence-corrected chi connectivity index (χ1v) is 5.80. The minimum atomic E-state index is -0.101. The van der Waals surface area contributed by atoms with Crippen LogP contribution in [-0.4, -0.2) is 12.1 Å². The van der Waals surface area contributed by atoms with Gasteiger partial charge in [-0.25, -0.2) is 0 Å². The Morgan fingerprint density at radius 3 is 2.61 bits per heavy atom. The Labute approximate surface area is 104 Å². The van der Waals surface area contributed by atoms with Crippen molar-refractivity contribution in [3.8, 4) is 5.75 Å². The van der Waals surface area contributed by atoms with Crippen molar-refractivity contribution < 1.29 is 4.74 Å². The molecule has 18 heavy (non-hydrogen) atoms. The van der Waals surface area contributed by atoms with E-state index in [2.05, 4.69) is 4.98 Å². The largest absolute Gasteiger partial charge is 0.496 e. The molecule has 0 saturated carbocycles. The third-order valence-corrected chi connectivity index (χ3v) is 3.30. The van der Waals surface area contributed by atoms with Gasteiger partial charge in [0.1, 0.15) is 5.75 Å². The number of pyridine rings is 1. The Bertz CT molecular complexity index is 803. The molecule has 90 valence electrons. The van der Waals surface area contributed by atoms with Crippen LogP contribution in [0.15, 0.2) is 41.2 Å². The van der Waals surface area contributed by atoms with E-state index in [4.69, 9.17) is 4.74 Å². The number of aromatic nitrogens is 1. The van der Waals surface area contributed by atoms with Gasteiger partial charge in [0.25, 0.3) is 5.56 Å². The Hall–Kier alpha value is -2.29. The van der Waals surface area contributed by atoms with Crippen LogP contribution in [0.1, 0.15) is 5.56 Å². The SMILES string of the molecule is COc1c(C)c(=O)[nH]c2c1ccc1ccccc12. The van der Waals surface area contributed by atoms with Crippen LogP contribution in [-0.2, 0) is 0 Å². The molecular formula is C15H13NO2. The van der Waals surface area contributed by atoms with Gasteiger partial charge >= 0.3 is 0 Å². The summed E-state index contributed by atoms with van der Waals surface area (Å²) in [5.41, 5.74) is 1.34. The van der Waals surface area contributed by atoms with Crippen molar-refractivity contribution in [2.24, 2.45) is 0 Å². The lowest BCUT2D eigenvalue weighted by molar-refractivity contribution is 0.416. The summed E-state index contributed by atoms with van der Waals surface area (Å²) in [6.45, 7) is 1.77. The van der Waals surface area contributed by atoms with Gasteiger partial charge in [-0.2, -0.15) is 0 Å². The number of hydrogen-bond acceptors (Lipinski definition) is 2. The number of H-pyrrole nitrogens is 1. The number of hydrogen-bond donors (Lipinski definition) is 1. The second-order valence-corrected chi connectivity index (χ2v) is 4.32. The highest BCUT2D eigenvalue weighted by atomic mass is 16.5. The lowest BCUT2D eigenvalue weighted by Gasteiger charge is -2.10. The standard InChI is InChI=1S/C15H13NO2/c1-9-14(18-2)12-8-7-10-5-3-4-6-11(10)13(12)16-15(9)17/h3-8H,1-2H3,(H,16,17). The van der Waals surface area contributed by atoms with Crippen LogP contribution < -0.4 is 10.3 Å². The molecule has 2 aromatic carbocycles. The minimum absolute atomic E-state index is 0.101. The number of ether oxygens (including phenoxy) is 1. The second-order valence-electron chi connectivity index (χ2n) is 4.32. The van der Waals surface area contributed by atoms with Gasteiger partial charge < -0.3 is 9.72 Å². The van der Waals surface area contributed by atoms with Crippen molar-refractivity contribution in [1.29, 1.82) is 0 Å². The molecule has 3 aromatic rings. The Morgan fingerprint density at radius 2 is 1.83 bits per heavy atom. The molecule has 0 fully saturated rings. The molecular weight excluding hydrogens is 226 g/mol. The van der Waals surface area contributed by atoms with Crippen molar-refractivity contribution in [1.82, 2.24) is 4.98 Å². The van der Waals surface area contributed by atoms with Crippen molar-refractivity contribution in [3.63, 3.8) is 0 Å². The molecule has 1 N–H and O–H groups in total. The molecule has 3 nitrogen and oxygen atoms in total. The van der Waals surface area contributed by atoms with E-state index in [-0.39, 0.29) is 5.56 Å². The normalized spacial score (nSPS) is 11.0. The fraction of sp³-hybridized carbons (Fsp3) is 0.133. The molecule has 0 amide bonds. The smallest absolute Gasteiger partial charge is 0.255 e. The summed E-state index contributed by atoms with van der Waals surface area (Å²) in [6.07, 6.45) is 0. The summed E-state index contributed by atoms with van der Waals surface area (Å²) in [7, 11) is 1.59. The molecule has 0 spiro atoms. The highest BCUT2D eigenvalue weighted by Gasteiger charge is 2.11. The Kier molecular flexibility index (Phi) is 2.33. The molecule has 0 aliphatic carbocycles. The highest BCUT2D eigenvalue weighted by molar-refractivity contribution is 6.07. The zero-order valence-corrected chi connectivity index (χ0v) is 10.3. The molecule has 0 aliphatic rings. The maximum absolute atomic E-state index is 11.9. The zero-order chi connectivity index (χ0) is 12.7. The van der Waals surface area contributed by atoms with Gasteiger partial charge in [0.05, 0.1) is 18.2 Å². The monoisotopic (exact) mass is 239 g/mol. The van der Waals surface area contributed by atoms with E-state index in [1.54, 1.807) is 14.0 Å². The molecule has 0 aliphatic heterocycles. The average Bonchev–Trinajstić information content (AvgIpc) is 2.40. The molecule has 3 rings (SSSR count). The van der Waals surface area contributed by atoms with Gasteiger partial charge in [-0.1, -0.05) is 30.3 Å². The van der Waals surface area contributed by atoms with Gasteiger partial charge in [0.2, 0.25) is 0 Å². The maximum atomic E-state index is 11.9. The summed E-state index contributed by atoms with van der Waals surface area (Å²) in [5, 5.41) is 3.07. The van der Waals surface area contributed by atoms with Crippen molar-refractivity contribution >= 4 is 21.7 Å². The molecule has 0 saturated heterocycles. The van der Waals surface area contributed by atoms with Crippen molar-refractivity contribution in [2.45, 2.75) is 6.92 Å². The molecule has 0 unspecified atom stereocenters. The van der Waals surface area contributed by atoms with Gasteiger partial charge in [0, 0.05) is 10.8 Å². The van der Waals surface area contributed by atoms with Gasteiger partial charge in [0.15, 0.2) is 0 Å². The van der Waals surface area contributed by atoms with Crippen LogP contribution in [0.5, 0.6) is 5.75 Å². The van der Waals surface area contributed by atoms with E-state index in [0.29, 0.717) is 11.3 Å². The molecule has 0 bridgehead atoms. The van der Waals surface area contributed by atoms with Crippen LogP contribution in [0.4, 0.5) is 0 Å². The number of fused-ring (bicyclic) bond motifs is 3. The minimum Gasteiger partial charge on any atom is -0.496 e. The second kappa shape index (κ2) is 3.88. The average molecular weight is 239 g/mol. The first-order chi connectivity index (χ1) is 8.72. The lowest BCUT2D eigenvalue weighted by Crippen LogP contribution is -2.11.